The Balaban J connectivity index is 1.67. The largest absolute Gasteiger partial charge is 0.380 e. The summed E-state index contributed by atoms with van der Waals surface area (Å²) in [6.07, 6.45) is 0. The molecule has 0 fully saturated rings. The molecular weight excluding hydrogens is 274 g/mol. The summed E-state index contributed by atoms with van der Waals surface area (Å²) in [5.74, 6) is 0. The van der Waals surface area contributed by atoms with Gasteiger partial charge in [-0.2, -0.15) is 0 Å². The van der Waals surface area contributed by atoms with E-state index in [0.717, 1.165) is 6.54 Å². The first-order valence-electron chi connectivity index (χ1n) is 7.08. The number of hydrogen-bond acceptors (Lipinski definition) is 2. The molecule has 0 bridgehead atoms. The van der Waals surface area contributed by atoms with Gasteiger partial charge in [0.1, 0.15) is 0 Å². The molecule has 0 radical (unpaired) electrons. The average molecular weight is 289 g/mol. The summed E-state index contributed by atoms with van der Waals surface area (Å²) in [7, 11) is 0. The van der Waals surface area contributed by atoms with E-state index < -0.39 is 0 Å². The molecule has 0 unspecified atom stereocenters. The minimum atomic E-state index is 0.859. The van der Waals surface area contributed by atoms with E-state index in [1.54, 1.807) is 0 Å². The Morgan fingerprint density at radius 1 is 0.762 bits per heavy atom. The average Bonchev–Trinajstić information content (AvgIpc) is 2.96. The van der Waals surface area contributed by atoms with Crippen molar-refractivity contribution in [1.82, 2.24) is 0 Å². The summed E-state index contributed by atoms with van der Waals surface area (Å²) in [6, 6.07) is 23.5. The standard InChI is InChI=1S/C19H15NS/c1-2-8-16-14(6-1)7-5-10-18(16)20-12-15-13-21-19-11-4-3-9-17(15)19/h1-11,13,20H,12H2. The predicted octanol–water partition coefficient (Wildman–Crippen LogP) is 5.67. The van der Waals surface area contributed by atoms with Crippen molar-refractivity contribution in [3.8, 4) is 0 Å². The lowest BCUT2D eigenvalue weighted by Gasteiger charge is -2.09. The third kappa shape index (κ3) is 2.28. The van der Waals surface area contributed by atoms with Crippen LogP contribution in [0.2, 0.25) is 0 Å². The summed E-state index contributed by atoms with van der Waals surface area (Å²) in [4.78, 5) is 0. The van der Waals surface area contributed by atoms with Crippen LogP contribution in [0.15, 0.2) is 72.1 Å². The molecule has 3 aromatic carbocycles. The van der Waals surface area contributed by atoms with Crippen LogP contribution in [-0.4, -0.2) is 0 Å². The Bertz CT molecular complexity index is 902. The van der Waals surface area contributed by atoms with Crippen molar-refractivity contribution < 1.29 is 0 Å². The summed E-state index contributed by atoms with van der Waals surface area (Å²) >= 11 is 1.81. The molecule has 0 atom stereocenters. The van der Waals surface area contributed by atoms with Crippen molar-refractivity contribution in [2.75, 3.05) is 5.32 Å². The monoisotopic (exact) mass is 289 g/mol. The van der Waals surface area contributed by atoms with Gasteiger partial charge in [-0.15, -0.1) is 11.3 Å². The summed E-state index contributed by atoms with van der Waals surface area (Å²) in [5, 5.41) is 9.75. The van der Waals surface area contributed by atoms with Crippen molar-refractivity contribution in [1.29, 1.82) is 0 Å². The van der Waals surface area contributed by atoms with Crippen molar-refractivity contribution in [3.63, 3.8) is 0 Å². The molecule has 0 saturated heterocycles. The van der Waals surface area contributed by atoms with Gasteiger partial charge in [0.15, 0.2) is 0 Å². The van der Waals surface area contributed by atoms with Gasteiger partial charge in [0.25, 0.3) is 0 Å². The highest BCUT2D eigenvalue weighted by molar-refractivity contribution is 7.17. The predicted molar refractivity (Wildman–Crippen MR) is 93.1 cm³/mol. The Morgan fingerprint density at radius 2 is 1.52 bits per heavy atom. The third-order valence-corrected chi connectivity index (χ3v) is 4.83. The van der Waals surface area contributed by atoms with Crippen LogP contribution in [0.3, 0.4) is 0 Å². The van der Waals surface area contributed by atoms with E-state index in [2.05, 4.69) is 77.4 Å². The summed E-state index contributed by atoms with van der Waals surface area (Å²) < 4.78 is 1.35. The lowest BCUT2D eigenvalue weighted by atomic mass is 10.1. The molecule has 1 aromatic heterocycles. The van der Waals surface area contributed by atoms with Crippen LogP contribution in [0.25, 0.3) is 20.9 Å². The maximum absolute atomic E-state index is 3.59. The van der Waals surface area contributed by atoms with Gasteiger partial charge in [0.05, 0.1) is 0 Å². The van der Waals surface area contributed by atoms with Crippen LogP contribution in [0.1, 0.15) is 5.56 Å². The third-order valence-electron chi connectivity index (χ3n) is 3.82. The molecular formula is C19H15NS. The van der Waals surface area contributed by atoms with Gasteiger partial charge in [-0.3, -0.25) is 0 Å². The van der Waals surface area contributed by atoms with E-state index >= 15 is 0 Å². The number of benzene rings is 3. The quantitative estimate of drug-likeness (QED) is 0.512. The van der Waals surface area contributed by atoms with E-state index in [-0.39, 0.29) is 0 Å². The van der Waals surface area contributed by atoms with Gasteiger partial charge in [0.2, 0.25) is 0 Å². The van der Waals surface area contributed by atoms with Gasteiger partial charge in [0, 0.05) is 22.3 Å². The van der Waals surface area contributed by atoms with Crippen LogP contribution < -0.4 is 5.32 Å². The van der Waals surface area contributed by atoms with Crippen molar-refractivity contribution in [3.05, 3.63) is 77.7 Å². The molecule has 21 heavy (non-hydrogen) atoms. The molecule has 2 heteroatoms. The molecule has 1 heterocycles. The van der Waals surface area contributed by atoms with Gasteiger partial charge < -0.3 is 5.32 Å². The topological polar surface area (TPSA) is 12.0 Å². The highest BCUT2D eigenvalue weighted by Crippen LogP contribution is 2.28. The molecule has 4 rings (SSSR count). The Kier molecular flexibility index (Phi) is 3.09. The smallest absolute Gasteiger partial charge is 0.0422 e. The number of nitrogens with one attached hydrogen (secondary N) is 1. The first kappa shape index (κ1) is 12.4. The molecule has 1 nitrogen and oxygen atoms in total. The van der Waals surface area contributed by atoms with Gasteiger partial charge in [-0.1, -0.05) is 54.6 Å². The van der Waals surface area contributed by atoms with E-state index in [4.69, 9.17) is 0 Å². The van der Waals surface area contributed by atoms with Crippen LogP contribution in [0, 0.1) is 0 Å². The second-order valence-electron chi connectivity index (χ2n) is 5.14. The zero-order chi connectivity index (χ0) is 14.1. The van der Waals surface area contributed by atoms with Crippen LogP contribution in [-0.2, 0) is 6.54 Å². The molecule has 1 N–H and O–H groups in total. The van der Waals surface area contributed by atoms with E-state index in [0.29, 0.717) is 0 Å². The van der Waals surface area contributed by atoms with Gasteiger partial charge in [-0.05, 0) is 33.8 Å². The highest BCUT2D eigenvalue weighted by Gasteiger charge is 2.04. The SMILES string of the molecule is c1ccc2c(NCc3csc4ccccc34)cccc2c1. The normalized spacial score (nSPS) is 11.0. The Hall–Kier alpha value is -2.32. The van der Waals surface area contributed by atoms with E-state index in [1.165, 1.54) is 32.1 Å². The second-order valence-corrected chi connectivity index (χ2v) is 6.05. The zero-order valence-electron chi connectivity index (χ0n) is 11.5. The number of thiophene rings is 1. The summed E-state index contributed by atoms with van der Waals surface area (Å²) in [5.41, 5.74) is 2.56. The lowest BCUT2D eigenvalue weighted by Crippen LogP contribution is -1.99. The molecule has 4 aromatic rings. The zero-order valence-corrected chi connectivity index (χ0v) is 12.4. The number of anilines is 1. The first-order chi connectivity index (χ1) is 10.4. The van der Waals surface area contributed by atoms with Crippen molar-refractivity contribution >= 4 is 37.9 Å². The fourth-order valence-corrected chi connectivity index (χ4v) is 3.70. The first-order valence-corrected chi connectivity index (χ1v) is 7.96. The van der Waals surface area contributed by atoms with E-state index in [9.17, 15) is 0 Å². The fraction of sp³-hybridized carbons (Fsp3) is 0.0526. The van der Waals surface area contributed by atoms with Crippen LogP contribution >= 0.6 is 11.3 Å². The Morgan fingerprint density at radius 3 is 2.48 bits per heavy atom. The van der Waals surface area contributed by atoms with Crippen molar-refractivity contribution in [2.45, 2.75) is 6.54 Å². The number of hydrogen-bond donors (Lipinski definition) is 1. The Labute approximate surface area is 127 Å². The minimum absolute atomic E-state index is 0.859. The maximum atomic E-state index is 3.59. The molecule has 0 aliphatic carbocycles. The fourth-order valence-electron chi connectivity index (χ4n) is 2.74. The molecule has 0 aliphatic rings. The van der Waals surface area contributed by atoms with Gasteiger partial charge >= 0.3 is 0 Å². The lowest BCUT2D eigenvalue weighted by molar-refractivity contribution is 1.18. The molecule has 0 saturated carbocycles. The summed E-state index contributed by atoms with van der Waals surface area (Å²) in [6.45, 7) is 0.859. The minimum Gasteiger partial charge on any atom is -0.380 e. The van der Waals surface area contributed by atoms with Crippen LogP contribution in [0.4, 0.5) is 5.69 Å². The van der Waals surface area contributed by atoms with Crippen molar-refractivity contribution in [2.24, 2.45) is 0 Å². The number of rotatable bonds is 3. The van der Waals surface area contributed by atoms with E-state index in [1.807, 2.05) is 11.3 Å². The maximum Gasteiger partial charge on any atom is 0.0422 e. The number of fused-ring (bicyclic) bond motifs is 2. The molecule has 0 aliphatic heterocycles. The molecule has 0 amide bonds. The van der Waals surface area contributed by atoms with Gasteiger partial charge in [-0.25, -0.2) is 0 Å². The highest BCUT2D eigenvalue weighted by atomic mass is 32.1. The second kappa shape index (κ2) is 5.23. The van der Waals surface area contributed by atoms with Crippen LogP contribution in [0.5, 0.6) is 0 Å². The molecule has 0 spiro atoms. The molecule has 102 valence electrons.